The number of hydrogen-bond acceptors (Lipinski definition) is 16. The smallest absolute Gasteiger partial charge is 0.176 e. The third-order valence-corrected chi connectivity index (χ3v) is 6.33. The second-order valence-electron chi connectivity index (χ2n) is 8.59. The summed E-state index contributed by atoms with van der Waals surface area (Å²) >= 11 is 0. The number of nitrogens with two attached hydrogens (primary N) is 3. The molecule has 0 saturated carbocycles. The molecule has 3 heterocycles. The van der Waals surface area contributed by atoms with E-state index in [0.29, 0.717) is 0 Å². The highest BCUT2D eigenvalue weighted by Crippen LogP contribution is 2.30. The summed E-state index contributed by atoms with van der Waals surface area (Å²) in [5.74, 6) is 0. The van der Waals surface area contributed by atoms with Crippen molar-refractivity contribution in [3.8, 4) is 0 Å². The van der Waals surface area contributed by atoms with Crippen molar-refractivity contribution in [3.05, 3.63) is 0 Å². The van der Waals surface area contributed by atoms with E-state index < -0.39 is 112 Å². The van der Waals surface area contributed by atoms with Crippen molar-refractivity contribution in [2.45, 2.75) is 91.9 Å². The molecule has 34 heavy (non-hydrogen) atoms. The molecule has 200 valence electrons. The van der Waals surface area contributed by atoms with Crippen molar-refractivity contribution in [2.24, 2.45) is 17.2 Å². The first-order chi connectivity index (χ1) is 16.0. The summed E-state index contributed by atoms with van der Waals surface area (Å²) in [6.45, 7) is -2.00. The molecule has 14 N–H and O–H groups in total. The molecule has 0 aromatic heterocycles. The van der Waals surface area contributed by atoms with Gasteiger partial charge in [0.15, 0.2) is 18.9 Å². The number of ether oxygens (including phenoxy) is 5. The van der Waals surface area contributed by atoms with Crippen LogP contribution in [0.5, 0.6) is 0 Å². The third kappa shape index (κ3) is 5.37. The molecule has 3 aliphatic rings. The van der Waals surface area contributed by atoms with E-state index >= 15 is 0 Å². The Balaban J connectivity index is 1.72. The molecule has 3 aliphatic heterocycles. The minimum atomic E-state index is -1.56. The first-order valence-electron chi connectivity index (χ1n) is 10.8. The van der Waals surface area contributed by atoms with Gasteiger partial charge in [-0.2, -0.15) is 0 Å². The van der Waals surface area contributed by atoms with E-state index in [1.807, 2.05) is 0 Å². The lowest BCUT2D eigenvalue weighted by atomic mass is 9.94. The Bertz CT molecular complexity index is 646. The van der Waals surface area contributed by atoms with E-state index in [0.717, 1.165) is 0 Å². The van der Waals surface area contributed by atoms with Crippen molar-refractivity contribution < 1.29 is 64.5 Å². The molecule has 0 aliphatic carbocycles. The largest absolute Gasteiger partial charge is 0.394 e. The normalized spacial score (nSPS) is 52.5. The Hall–Kier alpha value is -0.640. The minimum Gasteiger partial charge on any atom is -0.394 e. The Morgan fingerprint density at radius 1 is 0.529 bits per heavy atom. The molecule has 3 saturated heterocycles. The first kappa shape index (κ1) is 27.9. The Morgan fingerprint density at radius 3 is 1.44 bits per heavy atom. The average molecular weight is 501 g/mol. The van der Waals surface area contributed by atoms with Crippen LogP contribution >= 0.6 is 0 Å². The van der Waals surface area contributed by atoms with Crippen molar-refractivity contribution in [1.29, 1.82) is 0 Å². The fourth-order valence-corrected chi connectivity index (χ4v) is 4.18. The predicted octanol–water partition coefficient (Wildman–Crippen LogP) is -7.67. The highest BCUT2D eigenvalue weighted by molar-refractivity contribution is 4.98. The van der Waals surface area contributed by atoms with Crippen LogP contribution in [0.15, 0.2) is 0 Å². The number of hydrogen-bond donors (Lipinski definition) is 11. The summed E-state index contributed by atoms with van der Waals surface area (Å²) < 4.78 is 27.4. The summed E-state index contributed by atoms with van der Waals surface area (Å²) in [5.41, 5.74) is 17.6. The van der Waals surface area contributed by atoms with Crippen molar-refractivity contribution in [1.82, 2.24) is 0 Å². The maximum atomic E-state index is 10.8. The number of aliphatic hydroxyl groups is 8. The zero-order valence-electron chi connectivity index (χ0n) is 18.1. The lowest BCUT2D eigenvalue weighted by Gasteiger charge is -2.48. The van der Waals surface area contributed by atoms with E-state index in [9.17, 15) is 40.9 Å². The minimum absolute atomic E-state index is 0.651. The van der Waals surface area contributed by atoms with Gasteiger partial charge in [0, 0.05) is 0 Å². The fourth-order valence-electron chi connectivity index (χ4n) is 4.18. The second-order valence-corrected chi connectivity index (χ2v) is 8.59. The topological polar surface area (TPSA) is 286 Å². The van der Waals surface area contributed by atoms with Crippen LogP contribution in [0.3, 0.4) is 0 Å². The molecule has 16 nitrogen and oxygen atoms in total. The molecule has 0 radical (unpaired) electrons. The van der Waals surface area contributed by atoms with Gasteiger partial charge in [0.2, 0.25) is 0 Å². The van der Waals surface area contributed by atoms with Gasteiger partial charge >= 0.3 is 0 Å². The van der Waals surface area contributed by atoms with Gasteiger partial charge in [0.1, 0.15) is 54.9 Å². The molecular weight excluding hydrogens is 466 g/mol. The quantitative estimate of drug-likeness (QED) is 0.154. The van der Waals surface area contributed by atoms with Gasteiger partial charge < -0.3 is 81.7 Å². The van der Waals surface area contributed by atoms with E-state index in [1.165, 1.54) is 0 Å². The van der Waals surface area contributed by atoms with E-state index in [-0.39, 0.29) is 0 Å². The lowest BCUT2D eigenvalue weighted by molar-refractivity contribution is -0.348. The van der Waals surface area contributed by atoms with Crippen LogP contribution in [0.2, 0.25) is 0 Å². The summed E-state index contributed by atoms with van der Waals surface area (Å²) in [5, 5.41) is 79.6. The van der Waals surface area contributed by atoms with Crippen LogP contribution in [0.4, 0.5) is 0 Å². The zero-order valence-corrected chi connectivity index (χ0v) is 18.1. The zero-order chi connectivity index (χ0) is 25.3. The highest BCUT2D eigenvalue weighted by Gasteiger charge is 2.52. The van der Waals surface area contributed by atoms with Crippen LogP contribution in [0, 0.1) is 0 Å². The fraction of sp³-hybridized carbons (Fsp3) is 1.00. The molecule has 16 heteroatoms. The van der Waals surface area contributed by atoms with E-state index in [4.69, 9.17) is 40.9 Å². The van der Waals surface area contributed by atoms with Crippen molar-refractivity contribution in [3.63, 3.8) is 0 Å². The van der Waals surface area contributed by atoms with E-state index in [2.05, 4.69) is 0 Å². The molecule has 0 aromatic rings. The highest BCUT2D eigenvalue weighted by atomic mass is 16.7. The van der Waals surface area contributed by atoms with Crippen LogP contribution in [-0.4, -0.2) is 153 Å². The Morgan fingerprint density at radius 2 is 0.941 bits per heavy atom. The lowest BCUT2D eigenvalue weighted by Crippen LogP contribution is -2.69. The molecule has 0 aromatic carbocycles. The summed E-state index contributed by atoms with van der Waals surface area (Å²) in [6, 6.07) is -3.87. The van der Waals surface area contributed by atoms with Gasteiger partial charge in [-0.1, -0.05) is 0 Å². The third-order valence-electron chi connectivity index (χ3n) is 6.33. The molecule has 3 rings (SSSR count). The predicted molar refractivity (Wildman–Crippen MR) is 107 cm³/mol. The van der Waals surface area contributed by atoms with Crippen LogP contribution < -0.4 is 17.2 Å². The molecule has 0 amide bonds. The van der Waals surface area contributed by atoms with Crippen molar-refractivity contribution >= 4 is 0 Å². The summed E-state index contributed by atoms with van der Waals surface area (Å²) in [6.07, 6.45) is -16.8. The van der Waals surface area contributed by atoms with Crippen LogP contribution in [-0.2, 0) is 23.7 Å². The molecular formula is C18H35N3O13. The number of aliphatic hydroxyl groups excluding tert-OH is 8. The van der Waals surface area contributed by atoms with Crippen molar-refractivity contribution in [2.75, 3.05) is 19.8 Å². The Labute approximate surface area is 194 Å². The van der Waals surface area contributed by atoms with Gasteiger partial charge in [-0.25, -0.2) is 0 Å². The molecule has 15 atom stereocenters. The van der Waals surface area contributed by atoms with Gasteiger partial charge in [-0.3, -0.25) is 0 Å². The average Bonchev–Trinajstić information content (AvgIpc) is 2.83. The SMILES string of the molecule is NC1[C@H](O[C@H]2C(CO)O[C@@H](O[C@H]3C(CO)O[C@@H](O)C(N)[C@@H]3O)C(N)[C@@H]2O)OC(CO)[C@@H](O)[C@H]1O. The maximum Gasteiger partial charge on any atom is 0.176 e. The van der Waals surface area contributed by atoms with Gasteiger partial charge in [-0.15, -0.1) is 0 Å². The first-order valence-corrected chi connectivity index (χ1v) is 10.8. The number of rotatable bonds is 7. The molecule has 0 bridgehead atoms. The Kier molecular flexibility index (Phi) is 9.54. The standard InChI is InChI=1S/C18H35N3O13/c19-7-12(27)14(5(2-23)30-16(7)29)33-18-9(21)13(28)15(6(3-24)32-18)34-17-8(20)11(26)10(25)4(1-22)31-17/h4-18,22-29H,1-3,19-21H2/t4?,5?,6?,7?,8?,9?,10-,11+,12+,13+,14+,15+,16-,17+,18+/m1/s1. The van der Waals surface area contributed by atoms with E-state index in [1.54, 1.807) is 0 Å². The monoisotopic (exact) mass is 501 g/mol. The second kappa shape index (κ2) is 11.6. The summed E-state index contributed by atoms with van der Waals surface area (Å²) in [7, 11) is 0. The van der Waals surface area contributed by atoms with Gasteiger partial charge in [0.05, 0.1) is 37.9 Å². The molecule has 0 spiro atoms. The van der Waals surface area contributed by atoms with Crippen LogP contribution in [0.25, 0.3) is 0 Å². The van der Waals surface area contributed by atoms with Gasteiger partial charge in [0.25, 0.3) is 0 Å². The molecule has 6 unspecified atom stereocenters. The maximum absolute atomic E-state index is 10.8. The van der Waals surface area contributed by atoms with Crippen LogP contribution in [0.1, 0.15) is 0 Å². The summed E-state index contributed by atoms with van der Waals surface area (Å²) in [4.78, 5) is 0. The van der Waals surface area contributed by atoms with Gasteiger partial charge in [-0.05, 0) is 0 Å². The molecule has 3 fully saturated rings.